The zero-order valence-electron chi connectivity index (χ0n) is 10.8. The maximum Gasteiger partial charge on any atom is 0.288 e. The summed E-state index contributed by atoms with van der Waals surface area (Å²) in [5.41, 5.74) is 0.774. The molecule has 0 aliphatic carbocycles. The van der Waals surface area contributed by atoms with Gasteiger partial charge in [0.25, 0.3) is 5.69 Å². The zero-order valence-corrected chi connectivity index (χ0v) is 11.5. The van der Waals surface area contributed by atoms with Crippen molar-refractivity contribution in [1.29, 1.82) is 0 Å². The Kier molecular flexibility index (Phi) is 5.92. The van der Waals surface area contributed by atoms with Crippen LogP contribution in [0.4, 0.5) is 11.4 Å². The summed E-state index contributed by atoms with van der Waals surface area (Å²) in [4.78, 5) is 10.2. The van der Waals surface area contributed by atoms with Crippen molar-refractivity contribution < 1.29 is 4.92 Å². The number of unbranched alkanes of at least 4 members (excludes halogenated alkanes) is 2. The monoisotopic (exact) mass is 270 g/mol. The number of halogens is 1. The van der Waals surface area contributed by atoms with E-state index in [2.05, 4.69) is 19.2 Å². The average Bonchev–Trinajstić information content (AvgIpc) is 2.28. The van der Waals surface area contributed by atoms with Crippen molar-refractivity contribution in [3.05, 3.63) is 33.3 Å². The Morgan fingerprint density at radius 3 is 2.72 bits per heavy atom. The average molecular weight is 271 g/mol. The topological polar surface area (TPSA) is 55.2 Å². The summed E-state index contributed by atoms with van der Waals surface area (Å²) >= 11 is 5.85. The third-order valence-corrected chi connectivity index (χ3v) is 3.10. The van der Waals surface area contributed by atoms with Crippen LogP contribution in [0.5, 0.6) is 0 Å². The standard InChI is InChI=1S/C13H19ClN2O2/c1-3-4-5-6-10(2)15-11-7-8-13(16(17)18)12(14)9-11/h7-10,15H,3-6H2,1-2H3. The van der Waals surface area contributed by atoms with E-state index in [1.807, 2.05) is 0 Å². The molecule has 0 saturated heterocycles. The second-order valence-electron chi connectivity index (χ2n) is 4.46. The van der Waals surface area contributed by atoms with Gasteiger partial charge in [-0.1, -0.05) is 37.8 Å². The quantitative estimate of drug-likeness (QED) is 0.446. The Labute approximate surface area is 112 Å². The van der Waals surface area contributed by atoms with Gasteiger partial charge in [0, 0.05) is 17.8 Å². The minimum Gasteiger partial charge on any atom is -0.383 e. The smallest absolute Gasteiger partial charge is 0.288 e. The van der Waals surface area contributed by atoms with Gasteiger partial charge in [0.2, 0.25) is 0 Å². The molecule has 18 heavy (non-hydrogen) atoms. The second-order valence-corrected chi connectivity index (χ2v) is 4.87. The molecular weight excluding hydrogens is 252 g/mol. The first-order chi connectivity index (χ1) is 8.54. The number of nitro groups is 1. The molecule has 1 atom stereocenters. The summed E-state index contributed by atoms with van der Waals surface area (Å²) in [6, 6.07) is 5.08. The Morgan fingerprint density at radius 2 is 2.17 bits per heavy atom. The van der Waals surface area contributed by atoms with Crippen LogP contribution in [0.15, 0.2) is 18.2 Å². The van der Waals surface area contributed by atoms with Crippen LogP contribution in [0.2, 0.25) is 5.02 Å². The van der Waals surface area contributed by atoms with Gasteiger partial charge >= 0.3 is 0 Å². The molecule has 5 heteroatoms. The summed E-state index contributed by atoms with van der Waals surface area (Å²) in [6.07, 6.45) is 4.71. The van der Waals surface area contributed by atoms with E-state index in [1.54, 1.807) is 12.1 Å². The first-order valence-electron chi connectivity index (χ1n) is 6.25. The molecule has 0 bridgehead atoms. The van der Waals surface area contributed by atoms with Gasteiger partial charge in [-0.05, 0) is 25.5 Å². The van der Waals surface area contributed by atoms with Crippen LogP contribution in [0, 0.1) is 10.1 Å². The fraction of sp³-hybridized carbons (Fsp3) is 0.538. The summed E-state index contributed by atoms with van der Waals surface area (Å²) in [7, 11) is 0. The van der Waals surface area contributed by atoms with Crippen molar-refractivity contribution in [2.75, 3.05) is 5.32 Å². The van der Waals surface area contributed by atoms with Crippen LogP contribution in [0.3, 0.4) is 0 Å². The maximum absolute atomic E-state index is 10.6. The van der Waals surface area contributed by atoms with Gasteiger partial charge in [0.1, 0.15) is 5.02 Å². The summed E-state index contributed by atoms with van der Waals surface area (Å²) in [5.74, 6) is 0. The van der Waals surface area contributed by atoms with Crippen LogP contribution in [0.25, 0.3) is 0 Å². The van der Waals surface area contributed by atoms with E-state index in [0.29, 0.717) is 6.04 Å². The van der Waals surface area contributed by atoms with Gasteiger partial charge in [-0.2, -0.15) is 0 Å². The van der Waals surface area contributed by atoms with Crippen molar-refractivity contribution in [3.8, 4) is 0 Å². The van der Waals surface area contributed by atoms with E-state index in [-0.39, 0.29) is 10.7 Å². The number of nitrogens with zero attached hydrogens (tertiary/aromatic N) is 1. The van der Waals surface area contributed by atoms with E-state index < -0.39 is 4.92 Å². The predicted octanol–water partition coefficient (Wildman–Crippen LogP) is 4.63. The molecule has 0 heterocycles. The lowest BCUT2D eigenvalue weighted by Crippen LogP contribution is -2.14. The number of hydrogen-bond acceptors (Lipinski definition) is 3. The van der Waals surface area contributed by atoms with Crippen LogP contribution in [-0.4, -0.2) is 11.0 Å². The van der Waals surface area contributed by atoms with Crippen LogP contribution in [-0.2, 0) is 0 Å². The van der Waals surface area contributed by atoms with Gasteiger partial charge in [0.15, 0.2) is 0 Å². The molecule has 0 fully saturated rings. The molecule has 0 amide bonds. The first-order valence-corrected chi connectivity index (χ1v) is 6.63. The fourth-order valence-corrected chi connectivity index (χ4v) is 2.05. The number of hydrogen-bond donors (Lipinski definition) is 1. The minimum absolute atomic E-state index is 0.0548. The van der Waals surface area contributed by atoms with Crippen molar-refractivity contribution in [1.82, 2.24) is 0 Å². The van der Waals surface area contributed by atoms with Gasteiger partial charge in [-0.25, -0.2) is 0 Å². The molecule has 4 nitrogen and oxygen atoms in total. The molecule has 100 valence electrons. The summed E-state index contributed by atoms with van der Waals surface area (Å²) in [5, 5.41) is 14.1. The third-order valence-electron chi connectivity index (χ3n) is 2.80. The number of benzene rings is 1. The summed E-state index contributed by atoms with van der Waals surface area (Å²) < 4.78 is 0. The molecule has 0 aliphatic heterocycles. The van der Waals surface area contributed by atoms with E-state index in [9.17, 15) is 10.1 Å². The van der Waals surface area contributed by atoms with Gasteiger partial charge in [-0.15, -0.1) is 0 Å². The Hall–Kier alpha value is -1.29. The maximum atomic E-state index is 10.6. The Balaban J connectivity index is 2.57. The lowest BCUT2D eigenvalue weighted by molar-refractivity contribution is -0.384. The number of anilines is 1. The van der Waals surface area contributed by atoms with Crippen LogP contribution < -0.4 is 5.32 Å². The highest BCUT2D eigenvalue weighted by Crippen LogP contribution is 2.27. The zero-order chi connectivity index (χ0) is 13.5. The van der Waals surface area contributed by atoms with Crippen LogP contribution >= 0.6 is 11.6 Å². The molecule has 1 aromatic carbocycles. The lowest BCUT2D eigenvalue weighted by Gasteiger charge is -2.15. The van der Waals surface area contributed by atoms with E-state index in [4.69, 9.17) is 11.6 Å². The molecule has 0 aliphatic rings. The third kappa shape index (κ3) is 4.53. The predicted molar refractivity (Wildman–Crippen MR) is 75.3 cm³/mol. The fourth-order valence-electron chi connectivity index (χ4n) is 1.80. The highest BCUT2D eigenvalue weighted by Gasteiger charge is 2.12. The molecule has 0 saturated carbocycles. The highest BCUT2D eigenvalue weighted by molar-refractivity contribution is 6.32. The van der Waals surface area contributed by atoms with Crippen molar-refractivity contribution in [2.45, 2.75) is 45.6 Å². The largest absolute Gasteiger partial charge is 0.383 e. The SMILES string of the molecule is CCCCCC(C)Nc1ccc([N+](=O)[O-])c(Cl)c1. The van der Waals surface area contributed by atoms with Crippen molar-refractivity contribution in [3.63, 3.8) is 0 Å². The normalized spacial score (nSPS) is 12.2. The van der Waals surface area contributed by atoms with E-state index in [0.717, 1.165) is 12.1 Å². The molecule has 0 aromatic heterocycles. The molecule has 1 N–H and O–H groups in total. The highest BCUT2D eigenvalue weighted by atomic mass is 35.5. The van der Waals surface area contributed by atoms with Crippen molar-refractivity contribution >= 4 is 23.0 Å². The Morgan fingerprint density at radius 1 is 1.44 bits per heavy atom. The molecule has 1 unspecified atom stereocenters. The molecular formula is C13H19ClN2O2. The molecule has 0 radical (unpaired) electrons. The molecule has 1 rings (SSSR count). The molecule has 1 aromatic rings. The lowest BCUT2D eigenvalue weighted by atomic mass is 10.1. The van der Waals surface area contributed by atoms with Crippen LogP contribution in [0.1, 0.15) is 39.5 Å². The van der Waals surface area contributed by atoms with Gasteiger partial charge < -0.3 is 5.32 Å². The van der Waals surface area contributed by atoms with E-state index >= 15 is 0 Å². The Bertz CT molecular complexity index is 410. The number of nitrogens with one attached hydrogen (secondary N) is 1. The van der Waals surface area contributed by atoms with Crippen molar-refractivity contribution in [2.24, 2.45) is 0 Å². The summed E-state index contributed by atoms with van der Waals surface area (Å²) in [6.45, 7) is 4.28. The first kappa shape index (κ1) is 14.8. The minimum atomic E-state index is -0.475. The number of rotatable bonds is 7. The van der Waals surface area contributed by atoms with E-state index in [1.165, 1.54) is 25.3 Å². The van der Waals surface area contributed by atoms with Gasteiger partial charge in [0.05, 0.1) is 4.92 Å². The molecule has 0 spiro atoms. The second kappa shape index (κ2) is 7.21. The number of nitro benzene ring substituents is 1. The van der Waals surface area contributed by atoms with Gasteiger partial charge in [-0.3, -0.25) is 10.1 Å².